The van der Waals surface area contributed by atoms with Crippen molar-refractivity contribution in [3.8, 4) is 0 Å². The molecular formula is C12H17NOS. The molecule has 82 valence electrons. The third-order valence-corrected chi connectivity index (χ3v) is 3.22. The minimum atomic E-state index is 0.0979. The van der Waals surface area contributed by atoms with Crippen molar-refractivity contribution in [1.82, 2.24) is 5.32 Å². The van der Waals surface area contributed by atoms with Crippen LogP contribution in [0.4, 0.5) is 0 Å². The van der Waals surface area contributed by atoms with Crippen molar-refractivity contribution in [2.45, 2.75) is 25.7 Å². The maximum absolute atomic E-state index is 11.2. The molecular weight excluding hydrogens is 206 g/mol. The van der Waals surface area contributed by atoms with Crippen LogP contribution in [-0.4, -0.2) is 18.2 Å². The first-order valence-corrected chi connectivity index (χ1v) is 6.08. The Hall–Kier alpha value is -0.960. The second-order valence-corrected chi connectivity index (χ2v) is 4.54. The molecule has 0 spiro atoms. The fourth-order valence-electron chi connectivity index (χ4n) is 1.20. The highest BCUT2D eigenvalue weighted by Gasteiger charge is 2.02. The summed E-state index contributed by atoms with van der Waals surface area (Å²) in [7, 11) is 0. The lowest BCUT2D eigenvalue weighted by Gasteiger charge is -2.05. The number of carbonyl (C=O) groups excluding carboxylic acids is 1. The van der Waals surface area contributed by atoms with Crippen LogP contribution in [0.1, 0.15) is 18.1 Å². The summed E-state index contributed by atoms with van der Waals surface area (Å²) in [6.07, 6.45) is 0. The van der Waals surface area contributed by atoms with Crippen LogP contribution in [0.2, 0.25) is 0 Å². The Morgan fingerprint density at radius 1 is 1.33 bits per heavy atom. The first-order valence-electron chi connectivity index (χ1n) is 5.10. The molecule has 15 heavy (non-hydrogen) atoms. The first-order chi connectivity index (χ1) is 7.13. The Bertz CT molecular complexity index is 349. The normalized spacial score (nSPS) is 10.1. The van der Waals surface area contributed by atoms with Crippen LogP contribution in [0.15, 0.2) is 23.1 Å². The summed E-state index contributed by atoms with van der Waals surface area (Å²) in [5, 5.41) is 2.78. The van der Waals surface area contributed by atoms with Gasteiger partial charge in [-0.3, -0.25) is 4.79 Å². The largest absolute Gasteiger partial charge is 0.356 e. The molecule has 0 atom stereocenters. The zero-order valence-electron chi connectivity index (χ0n) is 9.46. The smallest absolute Gasteiger partial charge is 0.230 e. The molecule has 0 aliphatic heterocycles. The number of nitrogens with one attached hydrogen (secondary N) is 1. The number of amides is 1. The Morgan fingerprint density at radius 2 is 2.07 bits per heavy atom. The van der Waals surface area contributed by atoms with Crippen molar-refractivity contribution in [1.29, 1.82) is 0 Å². The molecule has 1 aromatic rings. The van der Waals surface area contributed by atoms with Crippen LogP contribution in [0.3, 0.4) is 0 Å². The SMILES string of the molecule is CCNC(=O)CSc1ccc(C)c(C)c1. The topological polar surface area (TPSA) is 29.1 Å². The fourth-order valence-corrected chi connectivity index (χ4v) is 2.02. The maximum Gasteiger partial charge on any atom is 0.230 e. The first kappa shape index (κ1) is 12.1. The van der Waals surface area contributed by atoms with E-state index in [9.17, 15) is 4.79 Å². The zero-order valence-corrected chi connectivity index (χ0v) is 10.3. The molecule has 0 aliphatic rings. The minimum absolute atomic E-state index is 0.0979. The number of rotatable bonds is 4. The molecule has 0 aliphatic carbocycles. The van der Waals surface area contributed by atoms with Gasteiger partial charge in [-0.25, -0.2) is 0 Å². The van der Waals surface area contributed by atoms with Gasteiger partial charge in [0, 0.05) is 11.4 Å². The van der Waals surface area contributed by atoms with Crippen LogP contribution in [0.5, 0.6) is 0 Å². The summed E-state index contributed by atoms with van der Waals surface area (Å²) >= 11 is 1.58. The Kier molecular flexibility index (Phi) is 4.69. The lowest BCUT2D eigenvalue weighted by Crippen LogP contribution is -2.24. The third kappa shape index (κ3) is 3.96. The highest BCUT2D eigenvalue weighted by atomic mass is 32.2. The van der Waals surface area contributed by atoms with Crippen molar-refractivity contribution in [2.24, 2.45) is 0 Å². The van der Waals surface area contributed by atoms with Crippen molar-refractivity contribution < 1.29 is 4.79 Å². The van der Waals surface area contributed by atoms with Gasteiger partial charge in [-0.05, 0) is 44.0 Å². The number of thioether (sulfide) groups is 1. The number of carbonyl (C=O) groups is 1. The maximum atomic E-state index is 11.2. The summed E-state index contributed by atoms with van der Waals surface area (Å²) in [6.45, 7) is 6.81. The summed E-state index contributed by atoms with van der Waals surface area (Å²) in [5.74, 6) is 0.594. The quantitative estimate of drug-likeness (QED) is 0.795. The molecule has 0 saturated carbocycles. The molecule has 0 heterocycles. The van der Waals surface area contributed by atoms with E-state index < -0.39 is 0 Å². The van der Waals surface area contributed by atoms with Crippen molar-refractivity contribution >= 4 is 17.7 Å². The summed E-state index contributed by atoms with van der Waals surface area (Å²) in [6, 6.07) is 6.28. The molecule has 1 amide bonds. The van der Waals surface area contributed by atoms with E-state index in [-0.39, 0.29) is 5.91 Å². The van der Waals surface area contributed by atoms with Crippen molar-refractivity contribution in [2.75, 3.05) is 12.3 Å². The Labute approximate surface area is 95.5 Å². The molecule has 0 aromatic heterocycles. The summed E-state index contributed by atoms with van der Waals surface area (Å²) < 4.78 is 0. The van der Waals surface area contributed by atoms with E-state index in [1.165, 1.54) is 11.1 Å². The molecule has 1 aromatic carbocycles. The number of aryl methyl sites for hydroxylation is 2. The average Bonchev–Trinajstić information content (AvgIpc) is 2.20. The van der Waals surface area contributed by atoms with E-state index in [1.54, 1.807) is 11.8 Å². The number of benzene rings is 1. The van der Waals surface area contributed by atoms with Gasteiger partial charge in [0.15, 0.2) is 0 Å². The van der Waals surface area contributed by atoms with Gasteiger partial charge in [-0.15, -0.1) is 11.8 Å². The fraction of sp³-hybridized carbons (Fsp3) is 0.417. The molecule has 0 fully saturated rings. The van der Waals surface area contributed by atoms with Gasteiger partial charge >= 0.3 is 0 Å². The number of hydrogen-bond acceptors (Lipinski definition) is 2. The second-order valence-electron chi connectivity index (χ2n) is 3.49. The van der Waals surface area contributed by atoms with Gasteiger partial charge < -0.3 is 5.32 Å². The van der Waals surface area contributed by atoms with E-state index in [0.29, 0.717) is 12.3 Å². The van der Waals surface area contributed by atoms with Gasteiger partial charge in [-0.1, -0.05) is 6.07 Å². The highest BCUT2D eigenvalue weighted by Crippen LogP contribution is 2.20. The van der Waals surface area contributed by atoms with E-state index >= 15 is 0 Å². The van der Waals surface area contributed by atoms with Gasteiger partial charge in [0.1, 0.15) is 0 Å². The third-order valence-electron chi connectivity index (χ3n) is 2.22. The van der Waals surface area contributed by atoms with Crippen LogP contribution in [0, 0.1) is 13.8 Å². The van der Waals surface area contributed by atoms with Crippen LogP contribution < -0.4 is 5.32 Å². The predicted octanol–water partition coefficient (Wildman–Crippen LogP) is 2.53. The van der Waals surface area contributed by atoms with Crippen molar-refractivity contribution in [3.63, 3.8) is 0 Å². The van der Waals surface area contributed by atoms with E-state index in [1.807, 2.05) is 6.92 Å². The lowest BCUT2D eigenvalue weighted by atomic mass is 10.1. The van der Waals surface area contributed by atoms with Crippen molar-refractivity contribution in [3.05, 3.63) is 29.3 Å². The summed E-state index contributed by atoms with van der Waals surface area (Å²) in [4.78, 5) is 12.4. The molecule has 1 N–H and O–H groups in total. The predicted molar refractivity (Wildman–Crippen MR) is 65.3 cm³/mol. The molecule has 1 rings (SSSR count). The summed E-state index contributed by atoms with van der Waals surface area (Å²) in [5.41, 5.74) is 2.56. The molecule has 2 nitrogen and oxygen atoms in total. The van der Waals surface area contributed by atoms with Gasteiger partial charge in [0.25, 0.3) is 0 Å². The van der Waals surface area contributed by atoms with E-state index in [4.69, 9.17) is 0 Å². The molecule has 0 bridgehead atoms. The lowest BCUT2D eigenvalue weighted by molar-refractivity contribution is -0.118. The van der Waals surface area contributed by atoms with Crippen LogP contribution in [0.25, 0.3) is 0 Å². The number of hydrogen-bond donors (Lipinski definition) is 1. The van der Waals surface area contributed by atoms with Gasteiger partial charge in [-0.2, -0.15) is 0 Å². The molecule has 0 unspecified atom stereocenters. The molecule has 0 radical (unpaired) electrons. The zero-order chi connectivity index (χ0) is 11.3. The van der Waals surface area contributed by atoms with Gasteiger partial charge in [0.05, 0.1) is 5.75 Å². The van der Waals surface area contributed by atoms with Gasteiger partial charge in [0.2, 0.25) is 5.91 Å². The standard InChI is InChI=1S/C12H17NOS/c1-4-13-12(14)8-15-11-6-5-9(2)10(3)7-11/h5-7H,4,8H2,1-3H3,(H,13,14). The second kappa shape index (κ2) is 5.81. The minimum Gasteiger partial charge on any atom is -0.356 e. The van der Waals surface area contributed by atoms with Crippen LogP contribution in [-0.2, 0) is 4.79 Å². The van der Waals surface area contributed by atoms with E-state index in [0.717, 1.165) is 4.90 Å². The molecule has 3 heteroatoms. The average molecular weight is 223 g/mol. The molecule has 0 saturated heterocycles. The monoisotopic (exact) mass is 223 g/mol. The van der Waals surface area contributed by atoms with Crippen LogP contribution >= 0.6 is 11.8 Å². The Balaban J connectivity index is 2.51. The van der Waals surface area contributed by atoms with E-state index in [2.05, 4.69) is 37.4 Å². The Morgan fingerprint density at radius 3 is 2.67 bits per heavy atom. The highest BCUT2D eigenvalue weighted by molar-refractivity contribution is 8.00.